The van der Waals surface area contributed by atoms with E-state index in [1.165, 1.54) is 0 Å². The van der Waals surface area contributed by atoms with Crippen LogP contribution < -0.4 is 19.5 Å². The zero-order chi connectivity index (χ0) is 22.5. The van der Waals surface area contributed by atoms with Gasteiger partial charge in [0, 0.05) is 28.8 Å². The van der Waals surface area contributed by atoms with E-state index >= 15 is 0 Å². The minimum atomic E-state index is -1.52. The molecule has 32 heavy (non-hydrogen) atoms. The van der Waals surface area contributed by atoms with Crippen LogP contribution in [0, 0.1) is 0 Å². The summed E-state index contributed by atoms with van der Waals surface area (Å²) < 4.78 is 26.8. The molecule has 0 saturated carbocycles. The van der Waals surface area contributed by atoms with Crippen molar-refractivity contribution < 1.29 is 13.7 Å². The summed E-state index contributed by atoms with van der Waals surface area (Å²) in [5, 5.41) is 3.26. The molecule has 1 aromatic heterocycles. The van der Waals surface area contributed by atoms with Gasteiger partial charge in [0.15, 0.2) is 22.6 Å². The van der Waals surface area contributed by atoms with Crippen LogP contribution in [0.5, 0.6) is 11.5 Å². The molecule has 0 saturated heterocycles. The number of hydrogen-bond donors (Lipinski definition) is 2. The van der Waals surface area contributed by atoms with Crippen LogP contribution in [0.1, 0.15) is 0 Å². The lowest BCUT2D eigenvalue weighted by Crippen LogP contribution is -2.10. The maximum Gasteiger partial charge on any atom is 0.182 e. The Kier molecular flexibility index (Phi) is 6.77. The van der Waals surface area contributed by atoms with E-state index in [-0.39, 0.29) is 0 Å². The Bertz CT molecular complexity index is 1260. The van der Waals surface area contributed by atoms with E-state index in [4.69, 9.17) is 14.5 Å². The number of ether oxygens (including phenoxy) is 2. The molecule has 2 N–H and O–H groups in total. The summed E-state index contributed by atoms with van der Waals surface area (Å²) in [6.45, 7) is 0. The molecule has 0 radical (unpaired) electrons. The molecule has 0 aliphatic rings. The highest BCUT2D eigenvalue weighted by Crippen LogP contribution is 2.31. The molecular formula is C23H22N4O3S2. The zero-order valence-corrected chi connectivity index (χ0v) is 19.4. The number of nitrogens with zero attached hydrogens (tertiary/aromatic N) is 2. The standard InChI is InChI=1S/C23H22N4O3S2/c1-29-16-11-15(12-17(13-16)30-2)24-22-23(26-21-10-5-4-9-20(21)25-22)27-32(28)19-8-6-7-18(14-19)31-3/h4-14H,1-3H3,(H,24,25)(H,26,27). The molecule has 0 aliphatic carbocycles. The van der Waals surface area contributed by atoms with Crippen LogP contribution in [-0.2, 0) is 11.0 Å². The van der Waals surface area contributed by atoms with E-state index in [1.54, 1.807) is 32.0 Å². The van der Waals surface area contributed by atoms with Crippen molar-refractivity contribution in [2.75, 3.05) is 30.5 Å². The molecule has 9 heteroatoms. The molecule has 7 nitrogen and oxygen atoms in total. The third-order valence-electron chi connectivity index (χ3n) is 4.63. The number of benzene rings is 3. The maximum atomic E-state index is 13.1. The van der Waals surface area contributed by atoms with Gasteiger partial charge in [-0.15, -0.1) is 11.8 Å². The summed E-state index contributed by atoms with van der Waals surface area (Å²) in [4.78, 5) is 11.1. The SMILES string of the molecule is COc1cc(Nc2nc3ccccc3nc2NS(=O)c2cccc(SC)c2)cc(OC)c1. The number of rotatable bonds is 8. The second-order valence-electron chi connectivity index (χ2n) is 6.69. The lowest BCUT2D eigenvalue weighted by Gasteiger charge is -2.14. The Morgan fingerprint density at radius 1 is 0.844 bits per heavy atom. The number of anilines is 3. The Hall–Kier alpha value is -3.30. The van der Waals surface area contributed by atoms with Gasteiger partial charge in [0.05, 0.1) is 30.1 Å². The number of aromatic nitrogens is 2. The molecule has 0 fully saturated rings. The van der Waals surface area contributed by atoms with Crippen LogP contribution in [0.4, 0.5) is 17.3 Å². The van der Waals surface area contributed by atoms with Gasteiger partial charge in [-0.3, -0.25) is 4.72 Å². The Labute approximate surface area is 193 Å². The fourth-order valence-electron chi connectivity index (χ4n) is 3.04. The largest absolute Gasteiger partial charge is 0.497 e. The average Bonchev–Trinajstić information content (AvgIpc) is 2.84. The topological polar surface area (TPSA) is 85.4 Å². The normalized spacial score (nSPS) is 11.7. The zero-order valence-electron chi connectivity index (χ0n) is 17.8. The predicted octanol–water partition coefficient (Wildman–Crippen LogP) is 5.25. The molecule has 1 heterocycles. The molecule has 1 unspecified atom stereocenters. The maximum absolute atomic E-state index is 13.1. The van der Waals surface area contributed by atoms with Crippen LogP contribution in [0.3, 0.4) is 0 Å². The highest BCUT2D eigenvalue weighted by molar-refractivity contribution is 7.98. The number of methoxy groups -OCH3 is 2. The van der Waals surface area contributed by atoms with Crippen LogP contribution in [0.2, 0.25) is 0 Å². The Morgan fingerprint density at radius 2 is 1.50 bits per heavy atom. The summed E-state index contributed by atoms with van der Waals surface area (Å²) in [6, 6.07) is 20.5. The molecular weight excluding hydrogens is 444 g/mol. The minimum absolute atomic E-state index is 0.373. The van der Waals surface area contributed by atoms with Gasteiger partial charge in [-0.2, -0.15) is 0 Å². The van der Waals surface area contributed by atoms with Crippen molar-refractivity contribution in [1.29, 1.82) is 0 Å². The van der Waals surface area contributed by atoms with Crippen molar-refractivity contribution in [3.05, 3.63) is 66.7 Å². The third kappa shape index (κ3) is 4.95. The van der Waals surface area contributed by atoms with Gasteiger partial charge in [0.25, 0.3) is 0 Å². The minimum Gasteiger partial charge on any atom is -0.497 e. The van der Waals surface area contributed by atoms with E-state index < -0.39 is 11.0 Å². The second kappa shape index (κ2) is 9.88. The summed E-state index contributed by atoms with van der Waals surface area (Å²) in [7, 11) is 1.66. The third-order valence-corrected chi connectivity index (χ3v) is 6.42. The monoisotopic (exact) mass is 466 g/mol. The van der Waals surface area contributed by atoms with Gasteiger partial charge in [-0.1, -0.05) is 18.2 Å². The quantitative estimate of drug-likeness (QED) is 0.343. The average molecular weight is 467 g/mol. The van der Waals surface area contributed by atoms with Crippen LogP contribution in [-0.4, -0.2) is 34.7 Å². The van der Waals surface area contributed by atoms with E-state index in [9.17, 15) is 4.21 Å². The fourth-order valence-corrected chi connectivity index (χ4v) is 4.44. The van der Waals surface area contributed by atoms with Crippen molar-refractivity contribution in [1.82, 2.24) is 9.97 Å². The first-order chi connectivity index (χ1) is 15.6. The Morgan fingerprint density at radius 3 is 2.12 bits per heavy atom. The smallest absolute Gasteiger partial charge is 0.182 e. The van der Waals surface area contributed by atoms with Crippen molar-refractivity contribution in [2.45, 2.75) is 9.79 Å². The fraction of sp³-hybridized carbons (Fsp3) is 0.130. The number of nitrogens with one attached hydrogen (secondary N) is 2. The number of thioether (sulfide) groups is 1. The van der Waals surface area contributed by atoms with Crippen molar-refractivity contribution in [3.63, 3.8) is 0 Å². The Balaban J connectivity index is 1.73. The molecule has 0 bridgehead atoms. The molecule has 4 aromatic rings. The first-order valence-corrected chi connectivity index (χ1v) is 12.1. The van der Waals surface area contributed by atoms with Crippen LogP contribution in [0.25, 0.3) is 11.0 Å². The number of hydrogen-bond acceptors (Lipinski definition) is 7. The van der Waals surface area contributed by atoms with E-state index in [1.807, 2.05) is 66.9 Å². The summed E-state index contributed by atoms with van der Waals surface area (Å²) in [5.41, 5.74) is 2.10. The van der Waals surface area contributed by atoms with Crippen LogP contribution >= 0.6 is 11.8 Å². The molecule has 0 amide bonds. The summed E-state index contributed by atoms with van der Waals surface area (Å²) in [6.07, 6.45) is 1.98. The number of para-hydroxylation sites is 2. The van der Waals surface area contributed by atoms with Gasteiger partial charge in [-0.25, -0.2) is 14.2 Å². The molecule has 4 rings (SSSR count). The van der Waals surface area contributed by atoms with Gasteiger partial charge in [0.1, 0.15) is 11.5 Å². The lowest BCUT2D eigenvalue weighted by atomic mass is 10.2. The van der Waals surface area contributed by atoms with Crippen molar-refractivity contribution >= 4 is 51.1 Å². The molecule has 0 spiro atoms. The molecule has 0 aliphatic heterocycles. The summed E-state index contributed by atoms with van der Waals surface area (Å²) in [5.74, 6) is 2.08. The first-order valence-electron chi connectivity index (χ1n) is 9.69. The van der Waals surface area contributed by atoms with E-state index in [2.05, 4.69) is 15.0 Å². The van der Waals surface area contributed by atoms with E-state index in [0.717, 1.165) is 4.90 Å². The lowest BCUT2D eigenvalue weighted by molar-refractivity contribution is 0.395. The molecule has 1 atom stereocenters. The first kappa shape index (κ1) is 21.9. The number of fused-ring (bicyclic) bond motifs is 1. The molecule has 3 aromatic carbocycles. The van der Waals surface area contributed by atoms with Crippen LogP contribution in [0.15, 0.2) is 76.5 Å². The highest BCUT2D eigenvalue weighted by atomic mass is 32.2. The highest BCUT2D eigenvalue weighted by Gasteiger charge is 2.14. The van der Waals surface area contributed by atoms with Gasteiger partial charge in [0.2, 0.25) is 0 Å². The molecule has 164 valence electrons. The van der Waals surface area contributed by atoms with Crippen molar-refractivity contribution in [2.24, 2.45) is 0 Å². The summed E-state index contributed by atoms with van der Waals surface area (Å²) >= 11 is 1.59. The van der Waals surface area contributed by atoms with Gasteiger partial charge in [-0.05, 0) is 36.6 Å². The van der Waals surface area contributed by atoms with E-state index in [0.29, 0.717) is 44.8 Å². The van der Waals surface area contributed by atoms with Gasteiger partial charge >= 0.3 is 0 Å². The van der Waals surface area contributed by atoms with Gasteiger partial charge < -0.3 is 14.8 Å². The van der Waals surface area contributed by atoms with Crippen molar-refractivity contribution in [3.8, 4) is 11.5 Å². The predicted molar refractivity (Wildman–Crippen MR) is 131 cm³/mol. The second-order valence-corrected chi connectivity index (χ2v) is 8.78.